The molecule has 1 aromatic heterocycles. The van der Waals surface area contributed by atoms with Crippen molar-refractivity contribution in [3.63, 3.8) is 0 Å². The molecule has 4 aliphatic heterocycles. The van der Waals surface area contributed by atoms with E-state index in [0.717, 1.165) is 16.8 Å². The number of aromatic nitrogens is 2. The molecule has 2 aromatic rings. The second kappa shape index (κ2) is 5.86. The minimum atomic E-state index is -0.416. The van der Waals surface area contributed by atoms with Gasteiger partial charge in [0.1, 0.15) is 11.9 Å². The monoisotopic (exact) mass is 397 g/mol. The zero-order valence-corrected chi connectivity index (χ0v) is 15.8. The van der Waals surface area contributed by atoms with Crippen LogP contribution in [0.3, 0.4) is 0 Å². The van der Waals surface area contributed by atoms with Crippen LogP contribution < -0.4 is 20.8 Å². The Hall–Kier alpha value is -3.27. The molecule has 2 atom stereocenters. The van der Waals surface area contributed by atoms with E-state index in [0.29, 0.717) is 37.4 Å². The van der Waals surface area contributed by atoms with Crippen molar-refractivity contribution in [1.29, 1.82) is 0 Å². The molecule has 10 heteroatoms. The van der Waals surface area contributed by atoms with Gasteiger partial charge in [-0.2, -0.15) is 5.10 Å². The quantitative estimate of drug-likeness (QED) is 0.804. The van der Waals surface area contributed by atoms with Crippen LogP contribution >= 0.6 is 0 Å². The smallest absolute Gasteiger partial charge is 0.415 e. The first-order chi connectivity index (χ1) is 14.1. The van der Waals surface area contributed by atoms with Gasteiger partial charge in [0.15, 0.2) is 0 Å². The molecule has 0 aliphatic carbocycles. The van der Waals surface area contributed by atoms with Gasteiger partial charge >= 0.3 is 6.09 Å². The van der Waals surface area contributed by atoms with Gasteiger partial charge in [-0.15, -0.1) is 5.53 Å². The molecule has 0 saturated carbocycles. The molecular formula is C19H20FN7O2. The number of anilines is 2. The summed E-state index contributed by atoms with van der Waals surface area (Å²) in [5.41, 5.74) is 10.1. The summed E-state index contributed by atoms with van der Waals surface area (Å²) in [6.45, 7) is 1.73. The third kappa shape index (κ3) is 2.48. The number of carbonyl (C=O) groups is 1. The van der Waals surface area contributed by atoms with Gasteiger partial charge in [-0.3, -0.25) is 14.6 Å². The van der Waals surface area contributed by atoms with Crippen LogP contribution in [0.4, 0.5) is 20.6 Å². The van der Waals surface area contributed by atoms with Crippen LogP contribution in [0.2, 0.25) is 0 Å². The number of amides is 1. The summed E-state index contributed by atoms with van der Waals surface area (Å²) < 4.78 is 22.4. The molecule has 1 amide bonds. The minimum absolute atomic E-state index is 0.137. The Bertz CT molecular complexity index is 1030. The van der Waals surface area contributed by atoms with Gasteiger partial charge in [-0.1, -0.05) is 0 Å². The molecule has 0 spiro atoms. The Labute approximate surface area is 166 Å². The summed E-state index contributed by atoms with van der Waals surface area (Å²) >= 11 is 0. The first kappa shape index (κ1) is 16.7. The highest BCUT2D eigenvalue weighted by Crippen LogP contribution is 2.42. The normalized spacial score (nSPS) is 24.1. The number of halogens is 1. The van der Waals surface area contributed by atoms with Crippen molar-refractivity contribution in [1.82, 2.24) is 25.7 Å². The summed E-state index contributed by atoms with van der Waals surface area (Å²) in [4.78, 5) is 16.1. The first-order valence-electron chi connectivity index (χ1n) is 9.60. The lowest BCUT2D eigenvalue weighted by atomic mass is 10.0. The summed E-state index contributed by atoms with van der Waals surface area (Å²) in [6.07, 6.45) is 5.51. The van der Waals surface area contributed by atoms with Crippen LogP contribution in [-0.4, -0.2) is 39.6 Å². The van der Waals surface area contributed by atoms with Crippen molar-refractivity contribution < 1.29 is 13.9 Å². The van der Waals surface area contributed by atoms with Crippen LogP contribution in [-0.2, 0) is 31.3 Å². The Kier molecular flexibility index (Phi) is 3.37. The van der Waals surface area contributed by atoms with Crippen LogP contribution in [0.15, 0.2) is 30.7 Å². The highest BCUT2D eigenvalue weighted by molar-refractivity contribution is 5.94. The fourth-order valence-electron chi connectivity index (χ4n) is 4.72. The van der Waals surface area contributed by atoms with E-state index in [4.69, 9.17) is 4.74 Å². The number of hydrogen-bond acceptors (Lipinski definition) is 7. The molecule has 0 radical (unpaired) electrons. The van der Waals surface area contributed by atoms with Gasteiger partial charge in [0.25, 0.3) is 0 Å². The van der Waals surface area contributed by atoms with Crippen molar-refractivity contribution in [3.8, 4) is 0 Å². The molecular weight excluding hydrogens is 377 g/mol. The average molecular weight is 397 g/mol. The fourth-order valence-corrected chi connectivity index (χ4v) is 4.72. The molecule has 5 heterocycles. The Morgan fingerprint density at radius 2 is 2.17 bits per heavy atom. The Balaban J connectivity index is 1.27. The highest BCUT2D eigenvalue weighted by Gasteiger charge is 2.48. The molecule has 1 unspecified atom stereocenters. The SMILES string of the molecule is Cn1cc2c(n1)CN(c1cc3c(cc1F)N1C(=O)OC(CN4C=CNN4)[C@@H]1C3)C2. The maximum Gasteiger partial charge on any atom is 0.415 e. The third-order valence-electron chi connectivity index (χ3n) is 6.00. The summed E-state index contributed by atoms with van der Waals surface area (Å²) in [6, 6.07) is 3.22. The van der Waals surface area contributed by atoms with E-state index in [9.17, 15) is 4.79 Å². The zero-order valence-electron chi connectivity index (χ0n) is 15.8. The van der Waals surface area contributed by atoms with E-state index in [2.05, 4.69) is 16.1 Å². The molecule has 0 bridgehead atoms. The lowest BCUT2D eigenvalue weighted by Crippen LogP contribution is -2.44. The number of nitrogens with zero attached hydrogens (tertiary/aromatic N) is 5. The van der Waals surface area contributed by atoms with E-state index in [1.54, 1.807) is 15.8 Å². The number of ether oxygens (including phenoxy) is 1. The summed E-state index contributed by atoms with van der Waals surface area (Å²) in [5, 5.41) is 6.27. The molecule has 9 nitrogen and oxygen atoms in total. The van der Waals surface area contributed by atoms with Crippen molar-refractivity contribution in [2.45, 2.75) is 31.7 Å². The van der Waals surface area contributed by atoms with Gasteiger partial charge in [0.05, 0.1) is 36.2 Å². The number of rotatable bonds is 3. The second-order valence-corrected chi connectivity index (χ2v) is 7.85. The van der Waals surface area contributed by atoms with Gasteiger partial charge in [0, 0.05) is 43.8 Å². The minimum Gasteiger partial charge on any atom is -0.442 e. The molecule has 1 aromatic carbocycles. The van der Waals surface area contributed by atoms with E-state index < -0.39 is 6.09 Å². The maximum absolute atomic E-state index is 15.0. The average Bonchev–Trinajstić information content (AvgIpc) is 3.44. The molecule has 29 heavy (non-hydrogen) atoms. The van der Waals surface area contributed by atoms with Crippen molar-refractivity contribution >= 4 is 17.5 Å². The number of fused-ring (bicyclic) bond motifs is 4. The largest absolute Gasteiger partial charge is 0.442 e. The Morgan fingerprint density at radius 1 is 1.28 bits per heavy atom. The standard InChI is InChI=1S/C19H20FN7O2/c1-24-7-12-8-25(9-14(12)22-24)16-4-11-5-17-18(10-26-3-2-21-23-26)29-19(28)27(17)15(11)6-13(16)20/h2-4,6-7,17-18,21,23H,5,8-10H2,1H3/t17-,18?/m0/s1. The van der Waals surface area contributed by atoms with Crippen LogP contribution in [0.25, 0.3) is 0 Å². The number of hydrogen-bond donors (Lipinski definition) is 2. The van der Waals surface area contributed by atoms with Crippen LogP contribution in [0, 0.1) is 5.82 Å². The van der Waals surface area contributed by atoms with Crippen LogP contribution in [0.1, 0.15) is 16.8 Å². The van der Waals surface area contributed by atoms with Gasteiger partial charge in [-0.25, -0.2) is 9.18 Å². The van der Waals surface area contributed by atoms with E-state index in [-0.39, 0.29) is 18.0 Å². The predicted octanol–water partition coefficient (Wildman–Crippen LogP) is 1.13. The number of carbonyl (C=O) groups excluding carboxylic acids is 1. The van der Waals surface area contributed by atoms with Crippen molar-refractivity contribution in [2.75, 3.05) is 16.3 Å². The van der Waals surface area contributed by atoms with E-state index in [1.165, 1.54) is 6.07 Å². The fraction of sp³-hybridized carbons (Fsp3) is 0.368. The van der Waals surface area contributed by atoms with E-state index >= 15 is 4.39 Å². The molecule has 4 aliphatic rings. The molecule has 2 N–H and O–H groups in total. The topological polar surface area (TPSA) is 77.9 Å². The number of benzene rings is 1. The van der Waals surface area contributed by atoms with Gasteiger partial charge < -0.3 is 15.1 Å². The van der Waals surface area contributed by atoms with Crippen LogP contribution in [0.5, 0.6) is 0 Å². The molecule has 150 valence electrons. The lowest BCUT2D eigenvalue weighted by molar-refractivity contribution is 0.0967. The summed E-state index contributed by atoms with van der Waals surface area (Å²) in [7, 11) is 1.89. The zero-order chi connectivity index (χ0) is 19.7. The Morgan fingerprint density at radius 3 is 2.97 bits per heavy atom. The summed E-state index contributed by atoms with van der Waals surface area (Å²) in [5.74, 6) is -0.330. The second-order valence-electron chi connectivity index (χ2n) is 7.85. The number of cyclic esters (lactones) is 1. The number of nitrogens with one attached hydrogen (secondary N) is 2. The molecule has 1 fully saturated rings. The number of hydrazine groups is 2. The maximum atomic E-state index is 15.0. The third-order valence-corrected chi connectivity index (χ3v) is 6.00. The number of aryl methyl sites for hydroxylation is 1. The van der Waals surface area contributed by atoms with E-state index in [1.807, 2.05) is 35.4 Å². The highest BCUT2D eigenvalue weighted by atomic mass is 19.1. The van der Waals surface area contributed by atoms with Crippen molar-refractivity contribution in [3.05, 3.63) is 53.4 Å². The first-order valence-corrected chi connectivity index (χ1v) is 9.60. The van der Waals surface area contributed by atoms with Gasteiger partial charge in [0.2, 0.25) is 0 Å². The predicted molar refractivity (Wildman–Crippen MR) is 102 cm³/mol. The van der Waals surface area contributed by atoms with Crippen molar-refractivity contribution in [2.24, 2.45) is 7.05 Å². The van der Waals surface area contributed by atoms with Gasteiger partial charge in [-0.05, 0) is 18.1 Å². The molecule has 6 rings (SSSR count). The lowest BCUT2D eigenvalue weighted by Gasteiger charge is -2.22. The molecule has 1 saturated heterocycles.